The summed E-state index contributed by atoms with van der Waals surface area (Å²) in [5.41, 5.74) is 0.751. The molecule has 3 aromatic rings. The number of carbonyl (C=O) groups is 1. The highest BCUT2D eigenvalue weighted by Crippen LogP contribution is 2.20. The number of hydrogen-bond donors (Lipinski definition) is 1. The van der Waals surface area contributed by atoms with Crippen LogP contribution in [0.1, 0.15) is 10.6 Å². The van der Waals surface area contributed by atoms with E-state index in [-0.39, 0.29) is 12.5 Å². The van der Waals surface area contributed by atoms with Crippen LogP contribution in [0, 0.1) is 0 Å². The van der Waals surface area contributed by atoms with Crippen molar-refractivity contribution in [3.05, 3.63) is 75.8 Å². The monoisotopic (exact) mass is 360 g/mol. The predicted molar refractivity (Wildman–Crippen MR) is 97.2 cm³/mol. The zero-order valence-electron chi connectivity index (χ0n) is 12.9. The van der Waals surface area contributed by atoms with Crippen molar-refractivity contribution in [3.63, 3.8) is 0 Å². The lowest BCUT2D eigenvalue weighted by Crippen LogP contribution is -2.34. The summed E-state index contributed by atoms with van der Waals surface area (Å²) in [7, 11) is 0. The number of anilines is 1. The van der Waals surface area contributed by atoms with Crippen LogP contribution in [0.3, 0.4) is 0 Å². The lowest BCUT2D eigenvalue weighted by atomic mass is 10.3. The molecule has 0 aliphatic heterocycles. The Labute approximate surface area is 149 Å². The van der Waals surface area contributed by atoms with E-state index in [1.165, 1.54) is 0 Å². The van der Waals surface area contributed by atoms with Crippen molar-refractivity contribution in [1.29, 1.82) is 0 Å². The molecule has 0 saturated heterocycles. The maximum atomic E-state index is 12.7. The summed E-state index contributed by atoms with van der Waals surface area (Å²) in [6, 6.07) is 15.1. The summed E-state index contributed by atoms with van der Waals surface area (Å²) in [5.74, 6) is 0.748. The zero-order chi connectivity index (χ0) is 16.8. The molecule has 2 heterocycles. The second-order valence-electron chi connectivity index (χ2n) is 5.24. The highest BCUT2D eigenvalue weighted by atomic mass is 35.5. The Hall–Kier alpha value is -2.24. The molecule has 0 radical (unpaired) electrons. The van der Waals surface area contributed by atoms with E-state index in [9.17, 15) is 4.79 Å². The number of nitrogens with one attached hydrogen (secondary N) is 1. The normalized spacial score (nSPS) is 10.5. The predicted octanol–water partition coefficient (Wildman–Crippen LogP) is 4.64. The van der Waals surface area contributed by atoms with Crippen LogP contribution in [0.15, 0.2) is 64.6 Å². The van der Waals surface area contributed by atoms with Crippen molar-refractivity contribution in [2.24, 2.45) is 0 Å². The standard InChI is InChI=1S/C18H17ClN2O2S/c19-16-7-1-2-8-17(16)20-11-18(22)21(12-14-5-3-9-23-14)13-15-6-4-10-24-15/h1-10,20H,11-13H2. The number of halogens is 1. The number of para-hydroxylation sites is 1. The molecular weight excluding hydrogens is 344 g/mol. The molecule has 0 aliphatic rings. The lowest BCUT2D eigenvalue weighted by Gasteiger charge is -2.21. The lowest BCUT2D eigenvalue weighted by molar-refractivity contribution is -0.130. The van der Waals surface area contributed by atoms with E-state index >= 15 is 0 Å². The molecule has 0 aliphatic carbocycles. The molecule has 4 nitrogen and oxygen atoms in total. The molecule has 1 aromatic carbocycles. The smallest absolute Gasteiger partial charge is 0.242 e. The summed E-state index contributed by atoms with van der Waals surface area (Å²) in [4.78, 5) is 15.6. The average molecular weight is 361 g/mol. The first-order valence-corrected chi connectivity index (χ1v) is 8.79. The van der Waals surface area contributed by atoms with Crippen LogP contribution >= 0.6 is 22.9 Å². The van der Waals surface area contributed by atoms with Crippen LogP contribution < -0.4 is 5.32 Å². The zero-order valence-corrected chi connectivity index (χ0v) is 14.5. The van der Waals surface area contributed by atoms with Crippen LogP contribution in [0.5, 0.6) is 0 Å². The Morgan fingerprint density at radius 2 is 2.00 bits per heavy atom. The first-order chi connectivity index (χ1) is 11.7. The van der Waals surface area contributed by atoms with E-state index in [1.54, 1.807) is 28.6 Å². The second-order valence-corrected chi connectivity index (χ2v) is 6.68. The van der Waals surface area contributed by atoms with E-state index < -0.39 is 0 Å². The molecule has 0 fully saturated rings. The minimum absolute atomic E-state index is 0.0141. The van der Waals surface area contributed by atoms with Gasteiger partial charge in [-0.05, 0) is 35.7 Å². The third-order valence-electron chi connectivity index (χ3n) is 3.51. The first-order valence-electron chi connectivity index (χ1n) is 7.53. The fourth-order valence-corrected chi connectivity index (χ4v) is 3.22. The maximum Gasteiger partial charge on any atom is 0.242 e. The SMILES string of the molecule is O=C(CNc1ccccc1Cl)N(Cc1ccco1)Cc1cccs1. The Kier molecular flexibility index (Phi) is 5.56. The van der Waals surface area contributed by atoms with Crippen molar-refractivity contribution in [2.45, 2.75) is 13.1 Å². The van der Waals surface area contributed by atoms with Crippen LogP contribution in [-0.2, 0) is 17.9 Å². The molecule has 0 atom stereocenters. The van der Waals surface area contributed by atoms with Crippen molar-refractivity contribution in [3.8, 4) is 0 Å². The van der Waals surface area contributed by atoms with Gasteiger partial charge in [-0.3, -0.25) is 4.79 Å². The summed E-state index contributed by atoms with van der Waals surface area (Å²) < 4.78 is 5.38. The Bertz CT molecular complexity index is 736. The quantitative estimate of drug-likeness (QED) is 0.667. The Morgan fingerprint density at radius 1 is 1.12 bits per heavy atom. The second kappa shape index (κ2) is 8.04. The van der Waals surface area contributed by atoms with Gasteiger partial charge in [-0.25, -0.2) is 0 Å². The average Bonchev–Trinajstić information content (AvgIpc) is 3.27. The fourth-order valence-electron chi connectivity index (χ4n) is 2.30. The molecule has 0 spiro atoms. The molecule has 0 unspecified atom stereocenters. The number of hydrogen-bond acceptors (Lipinski definition) is 4. The number of nitrogens with zero attached hydrogens (tertiary/aromatic N) is 1. The van der Waals surface area contributed by atoms with Gasteiger partial charge in [0.1, 0.15) is 5.76 Å². The molecule has 1 N–H and O–H groups in total. The van der Waals surface area contributed by atoms with E-state index in [4.69, 9.17) is 16.0 Å². The number of rotatable bonds is 7. The van der Waals surface area contributed by atoms with E-state index in [0.29, 0.717) is 18.1 Å². The molecule has 0 bridgehead atoms. The van der Waals surface area contributed by atoms with Gasteiger partial charge in [-0.15, -0.1) is 11.3 Å². The maximum absolute atomic E-state index is 12.7. The van der Waals surface area contributed by atoms with Crippen LogP contribution in [0.25, 0.3) is 0 Å². The molecule has 124 valence electrons. The van der Waals surface area contributed by atoms with Gasteiger partial charge in [0.15, 0.2) is 0 Å². The molecule has 6 heteroatoms. The van der Waals surface area contributed by atoms with Gasteiger partial charge in [0.2, 0.25) is 5.91 Å². The van der Waals surface area contributed by atoms with Gasteiger partial charge in [-0.1, -0.05) is 29.8 Å². The summed E-state index contributed by atoms with van der Waals surface area (Å²) in [6.07, 6.45) is 1.62. The molecule has 24 heavy (non-hydrogen) atoms. The van der Waals surface area contributed by atoms with Gasteiger partial charge < -0.3 is 14.6 Å². The van der Waals surface area contributed by atoms with Crippen molar-refractivity contribution >= 4 is 34.5 Å². The summed E-state index contributed by atoms with van der Waals surface area (Å²) >= 11 is 7.75. The first kappa shape index (κ1) is 16.6. The highest BCUT2D eigenvalue weighted by Gasteiger charge is 2.16. The largest absolute Gasteiger partial charge is 0.467 e. The summed E-state index contributed by atoms with van der Waals surface area (Å²) in [5, 5.41) is 5.71. The summed E-state index contributed by atoms with van der Waals surface area (Å²) in [6.45, 7) is 1.17. The van der Waals surface area contributed by atoms with E-state index in [2.05, 4.69) is 5.32 Å². The minimum atomic E-state index is -0.0141. The number of thiophene rings is 1. The number of benzene rings is 1. The molecule has 3 rings (SSSR count). The molecule has 1 amide bonds. The van der Waals surface area contributed by atoms with Gasteiger partial charge in [0.05, 0.1) is 36.6 Å². The van der Waals surface area contributed by atoms with Crippen molar-refractivity contribution in [1.82, 2.24) is 4.90 Å². The van der Waals surface area contributed by atoms with Gasteiger partial charge >= 0.3 is 0 Å². The van der Waals surface area contributed by atoms with Gasteiger partial charge in [-0.2, -0.15) is 0 Å². The third kappa shape index (κ3) is 4.40. The van der Waals surface area contributed by atoms with Crippen LogP contribution in [0.2, 0.25) is 5.02 Å². The van der Waals surface area contributed by atoms with E-state index in [1.807, 2.05) is 47.8 Å². The topological polar surface area (TPSA) is 45.5 Å². The van der Waals surface area contributed by atoms with Gasteiger partial charge in [0, 0.05) is 4.88 Å². The van der Waals surface area contributed by atoms with Crippen molar-refractivity contribution in [2.75, 3.05) is 11.9 Å². The third-order valence-corrected chi connectivity index (χ3v) is 4.70. The number of furan rings is 1. The minimum Gasteiger partial charge on any atom is -0.467 e. The number of amides is 1. The molecule has 0 saturated carbocycles. The fraction of sp³-hybridized carbons (Fsp3) is 0.167. The molecular formula is C18H17ClN2O2S. The van der Waals surface area contributed by atoms with Crippen LogP contribution in [-0.4, -0.2) is 17.4 Å². The Morgan fingerprint density at radius 3 is 2.71 bits per heavy atom. The van der Waals surface area contributed by atoms with Crippen molar-refractivity contribution < 1.29 is 9.21 Å². The number of carbonyl (C=O) groups excluding carboxylic acids is 1. The Balaban J connectivity index is 1.67. The van der Waals surface area contributed by atoms with Gasteiger partial charge in [0.25, 0.3) is 0 Å². The highest BCUT2D eigenvalue weighted by molar-refractivity contribution is 7.09. The van der Waals surface area contributed by atoms with E-state index in [0.717, 1.165) is 16.3 Å². The van der Waals surface area contributed by atoms with Crippen LogP contribution in [0.4, 0.5) is 5.69 Å². The molecule has 2 aromatic heterocycles.